The summed E-state index contributed by atoms with van der Waals surface area (Å²) < 4.78 is 26.2. The van der Waals surface area contributed by atoms with E-state index in [0.717, 1.165) is 4.31 Å². The minimum atomic E-state index is -3.62. The van der Waals surface area contributed by atoms with Crippen LogP contribution in [0.3, 0.4) is 0 Å². The smallest absolute Gasteiger partial charge is 0.265 e. The second-order valence-electron chi connectivity index (χ2n) is 4.19. The zero-order chi connectivity index (χ0) is 14.0. The van der Waals surface area contributed by atoms with Crippen LogP contribution in [0.4, 0.5) is 11.5 Å². The predicted molar refractivity (Wildman–Crippen MR) is 75.4 cm³/mol. The number of hydrogen-bond donors (Lipinski definition) is 1. The molecule has 0 bridgehead atoms. The summed E-state index contributed by atoms with van der Waals surface area (Å²) in [6.07, 6.45) is 1.55. The maximum absolute atomic E-state index is 12.5. The van der Waals surface area contributed by atoms with E-state index in [-0.39, 0.29) is 4.90 Å². The standard InChI is InChI=1S/C13H15N3O2S/c1-10-9-11(14)6-7-12(10)19(17,18)16(2)13-5-3-4-8-15-13/h3-9H,14H2,1-2H3. The van der Waals surface area contributed by atoms with E-state index in [1.807, 2.05) is 0 Å². The van der Waals surface area contributed by atoms with Crippen LogP contribution in [-0.4, -0.2) is 20.4 Å². The molecule has 2 N–H and O–H groups in total. The highest BCUT2D eigenvalue weighted by atomic mass is 32.2. The van der Waals surface area contributed by atoms with E-state index in [2.05, 4.69) is 4.98 Å². The summed E-state index contributed by atoms with van der Waals surface area (Å²) in [5, 5.41) is 0. The first-order valence-corrected chi connectivity index (χ1v) is 7.13. The Hall–Kier alpha value is -2.08. The van der Waals surface area contributed by atoms with Crippen LogP contribution >= 0.6 is 0 Å². The zero-order valence-electron chi connectivity index (χ0n) is 10.7. The lowest BCUT2D eigenvalue weighted by atomic mass is 10.2. The van der Waals surface area contributed by atoms with Gasteiger partial charge < -0.3 is 5.73 Å². The van der Waals surface area contributed by atoms with E-state index >= 15 is 0 Å². The van der Waals surface area contributed by atoms with Gasteiger partial charge in [-0.25, -0.2) is 13.4 Å². The van der Waals surface area contributed by atoms with Crippen molar-refractivity contribution in [3.8, 4) is 0 Å². The molecule has 0 unspecified atom stereocenters. The van der Waals surface area contributed by atoms with Crippen molar-refractivity contribution in [2.45, 2.75) is 11.8 Å². The number of sulfonamides is 1. The van der Waals surface area contributed by atoms with Gasteiger partial charge in [-0.1, -0.05) is 6.07 Å². The molecule has 1 aromatic carbocycles. The maximum Gasteiger partial charge on any atom is 0.265 e. The Balaban J connectivity index is 2.48. The molecule has 1 aromatic heterocycles. The summed E-state index contributed by atoms with van der Waals surface area (Å²) in [6.45, 7) is 1.72. The number of pyridine rings is 1. The molecule has 100 valence electrons. The number of nitrogens with two attached hydrogens (primary N) is 1. The monoisotopic (exact) mass is 277 g/mol. The molecule has 0 saturated carbocycles. The number of aromatic nitrogens is 1. The first kappa shape index (κ1) is 13.4. The molecule has 2 rings (SSSR count). The summed E-state index contributed by atoms with van der Waals surface area (Å²) in [6, 6.07) is 9.84. The number of nitrogen functional groups attached to an aromatic ring is 1. The van der Waals surface area contributed by atoms with Crippen LogP contribution < -0.4 is 10.0 Å². The lowest BCUT2D eigenvalue weighted by Crippen LogP contribution is -2.27. The van der Waals surface area contributed by atoms with Crippen LogP contribution in [0.1, 0.15) is 5.56 Å². The molecule has 0 aliphatic rings. The molecule has 19 heavy (non-hydrogen) atoms. The molecule has 0 saturated heterocycles. The van der Waals surface area contributed by atoms with Gasteiger partial charge in [-0.15, -0.1) is 0 Å². The maximum atomic E-state index is 12.5. The summed E-state index contributed by atoms with van der Waals surface area (Å²) in [4.78, 5) is 4.27. The highest BCUT2D eigenvalue weighted by Gasteiger charge is 2.23. The van der Waals surface area contributed by atoms with Gasteiger partial charge in [-0.3, -0.25) is 4.31 Å². The van der Waals surface area contributed by atoms with Crippen molar-refractivity contribution in [1.82, 2.24) is 4.98 Å². The second-order valence-corrected chi connectivity index (χ2v) is 6.12. The van der Waals surface area contributed by atoms with Crippen molar-refractivity contribution >= 4 is 21.5 Å². The Morgan fingerprint density at radius 2 is 1.95 bits per heavy atom. The Morgan fingerprint density at radius 3 is 2.53 bits per heavy atom. The molecule has 5 nitrogen and oxygen atoms in total. The van der Waals surface area contributed by atoms with E-state index in [1.54, 1.807) is 43.5 Å². The van der Waals surface area contributed by atoms with Gasteiger partial charge in [0, 0.05) is 18.9 Å². The quantitative estimate of drug-likeness (QED) is 0.868. The Morgan fingerprint density at radius 1 is 1.21 bits per heavy atom. The number of rotatable bonds is 3. The van der Waals surface area contributed by atoms with Crippen molar-refractivity contribution in [3.63, 3.8) is 0 Å². The first-order chi connectivity index (χ1) is 8.93. The molecule has 0 aliphatic heterocycles. The molecule has 0 fully saturated rings. The van der Waals surface area contributed by atoms with Gasteiger partial charge in [0.25, 0.3) is 10.0 Å². The second kappa shape index (κ2) is 4.89. The number of benzene rings is 1. The first-order valence-electron chi connectivity index (χ1n) is 5.69. The van der Waals surface area contributed by atoms with Crippen LogP contribution in [0, 0.1) is 6.92 Å². The van der Waals surface area contributed by atoms with Crippen LogP contribution in [0.5, 0.6) is 0 Å². The van der Waals surface area contributed by atoms with Gasteiger partial charge in [0.05, 0.1) is 4.90 Å². The summed E-state index contributed by atoms with van der Waals surface area (Å²) >= 11 is 0. The minimum Gasteiger partial charge on any atom is -0.399 e. The molecular formula is C13H15N3O2S. The van der Waals surface area contributed by atoms with Crippen LogP contribution in [0.15, 0.2) is 47.5 Å². The topological polar surface area (TPSA) is 76.3 Å². The highest BCUT2D eigenvalue weighted by molar-refractivity contribution is 7.92. The lowest BCUT2D eigenvalue weighted by Gasteiger charge is -2.19. The Labute approximate surface area is 112 Å². The average Bonchev–Trinajstić information content (AvgIpc) is 2.38. The fraction of sp³-hybridized carbons (Fsp3) is 0.154. The van der Waals surface area contributed by atoms with Crippen molar-refractivity contribution in [2.75, 3.05) is 17.1 Å². The van der Waals surface area contributed by atoms with Crippen LogP contribution in [-0.2, 0) is 10.0 Å². The van der Waals surface area contributed by atoms with Crippen molar-refractivity contribution in [2.24, 2.45) is 0 Å². The Bertz CT molecular complexity index is 684. The van der Waals surface area contributed by atoms with Gasteiger partial charge in [-0.2, -0.15) is 0 Å². The van der Waals surface area contributed by atoms with Crippen molar-refractivity contribution in [1.29, 1.82) is 0 Å². The van der Waals surface area contributed by atoms with E-state index in [0.29, 0.717) is 17.1 Å². The third kappa shape index (κ3) is 2.53. The normalized spacial score (nSPS) is 11.3. The molecule has 0 atom stereocenters. The largest absolute Gasteiger partial charge is 0.399 e. The summed E-state index contributed by atoms with van der Waals surface area (Å²) in [5.41, 5.74) is 6.79. The van der Waals surface area contributed by atoms with Gasteiger partial charge in [0.15, 0.2) is 0 Å². The fourth-order valence-electron chi connectivity index (χ4n) is 1.77. The van der Waals surface area contributed by atoms with E-state index < -0.39 is 10.0 Å². The molecular weight excluding hydrogens is 262 g/mol. The number of aryl methyl sites for hydroxylation is 1. The summed E-state index contributed by atoms with van der Waals surface area (Å²) in [5.74, 6) is 0.374. The lowest BCUT2D eigenvalue weighted by molar-refractivity contribution is 0.593. The van der Waals surface area contributed by atoms with Crippen molar-refractivity contribution in [3.05, 3.63) is 48.2 Å². The molecule has 0 spiro atoms. The number of nitrogens with zero attached hydrogens (tertiary/aromatic N) is 2. The van der Waals surface area contributed by atoms with Gasteiger partial charge in [0.2, 0.25) is 0 Å². The fourth-order valence-corrected chi connectivity index (χ4v) is 3.13. The predicted octanol–water partition coefficient (Wildman–Crippen LogP) is 1.80. The van der Waals surface area contributed by atoms with E-state index in [4.69, 9.17) is 5.73 Å². The van der Waals surface area contributed by atoms with E-state index in [9.17, 15) is 8.42 Å². The minimum absolute atomic E-state index is 0.231. The van der Waals surface area contributed by atoms with Crippen molar-refractivity contribution < 1.29 is 8.42 Å². The number of anilines is 2. The summed E-state index contributed by atoms with van der Waals surface area (Å²) in [7, 11) is -2.14. The van der Waals surface area contributed by atoms with Crippen LogP contribution in [0.2, 0.25) is 0 Å². The van der Waals surface area contributed by atoms with Crippen LogP contribution in [0.25, 0.3) is 0 Å². The van der Waals surface area contributed by atoms with Gasteiger partial charge >= 0.3 is 0 Å². The van der Waals surface area contributed by atoms with E-state index in [1.165, 1.54) is 13.1 Å². The average molecular weight is 277 g/mol. The molecule has 1 heterocycles. The molecule has 0 radical (unpaired) electrons. The van der Waals surface area contributed by atoms with Gasteiger partial charge in [-0.05, 0) is 42.8 Å². The number of hydrogen-bond acceptors (Lipinski definition) is 4. The molecule has 0 amide bonds. The highest BCUT2D eigenvalue weighted by Crippen LogP contribution is 2.23. The third-order valence-electron chi connectivity index (χ3n) is 2.81. The third-order valence-corrected chi connectivity index (χ3v) is 4.73. The zero-order valence-corrected chi connectivity index (χ0v) is 11.6. The molecule has 6 heteroatoms. The Kier molecular flexibility index (Phi) is 3.44. The molecule has 0 aliphatic carbocycles. The SMILES string of the molecule is Cc1cc(N)ccc1S(=O)(=O)N(C)c1ccccn1. The molecule has 2 aromatic rings. The van der Waals surface area contributed by atoms with Gasteiger partial charge in [0.1, 0.15) is 5.82 Å².